The Morgan fingerprint density at radius 3 is 2.60 bits per heavy atom. The minimum atomic E-state index is -0.353. The molecule has 0 radical (unpaired) electrons. The number of ether oxygens (including phenoxy) is 1. The zero-order valence-electron chi connectivity index (χ0n) is 14.8. The Labute approximate surface area is 148 Å². The molecule has 5 heteroatoms. The van der Waals surface area contributed by atoms with Gasteiger partial charge >= 0.3 is 0 Å². The van der Waals surface area contributed by atoms with E-state index in [4.69, 9.17) is 4.74 Å². The summed E-state index contributed by atoms with van der Waals surface area (Å²) in [6.45, 7) is 5.84. The number of aromatic hydroxyl groups is 1. The summed E-state index contributed by atoms with van der Waals surface area (Å²) >= 11 is 0. The lowest BCUT2D eigenvalue weighted by Gasteiger charge is -2.15. The number of phenolic OH excluding ortho intramolecular Hbond substituents is 1. The standard InChI is InChI=1S/C20H24N2O3/c1-4-14(2)16-9-6-8-12-19(16)25-13-20(24)22-21-15(3)17-10-5-7-11-18(17)23/h5-12,14,23H,4,13H2,1-3H3,(H,22,24)/b21-15+. The summed E-state index contributed by atoms with van der Waals surface area (Å²) in [7, 11) is 0. The van der Waals surface area contributed by atoms with Crippen LogP contribution in [0.25, 0.3) is 0 Å². The van der Waals surface area contributed by atoms with Crippen LogP contribution in [-0.2, 0) is 4.79 Å². The molecule has 0 aromatic heterocycles. The highest BCUT2D eigenvalue weighted by Crippen LogP contribution is 2.28. The molecule has 1 atom stereocenters. The lowest BCUT2D eigenvalue weighted by Crippen LogP contribution is -2.26. The second kappa shape index (κ2) is 8.87. The van der Waals surface area contributed by atoms with E-state index in [1.165, 1.54) is 0 Å². The van der Waals surface area contributed by atoms with Crippen molar-refractivity contribution in [3.05, 3.63) is 59.7 Å². The Hall–Kier alpha value is -2.82. The van der Waals surface area contributed by atoms with Crippen molar-refractivity contribution in [1.29, 1.82) is 0 Å². The zero-order valence-corrected chi connectivity index (χ0v) is 14.8. The third-order valence-corrected chi connectivity index (χ3v) is 4.06. The van der Waals surface area contributed by atoms with Crippen LogP contribution in [0.5, 0.6) is 11.5 Å². The van der Waals surface area contributed by atoms with Gasteiger partial charge in [0, 0.05) is 5.56 Å². The maximum atomic E-state index is 12.0. The molecule has 132 valence electrons. The van der Waals surface area contributed by atoms with Crippen molar-refractivity contribution in [3.63, 3.8) is 0 Å². The zero-order chi connectivity index (χ0) is 18.2. The van der Waals surface area contributed by atoms with E-state index in [1.807, 2.05) is 24.3 Å². The highest BCUT2D eigenvalue weighted by atomic mass is 16.5. The number of hydrogen-bond acceptors (Lipinski definition) is 4. The minimum absolute atomic E-state index is 0.120. The maximum absolute atomic E-state index is 12.0. The molecule has 0 saturated heterocycles. The molecule has 0 aliphatic rings. The summed E-state index contributed by atoms with van der Waals surface area (Å²) in [4.78, 5) is 12.0. The fourth-order valence-corrected chi connectivity index (χ4v) is 2.40. The normalized spacial score (nSPS) is 12.5. The monoisotopic (exact) mass is 340 g/mol. The summed E-state index contributed by atoms with van der Waals surface area (Å²) in [5, 5.41) is 13.8. The van der Waals surface area contributed by atoms with Gasteiger partial charge in [0.2, 0.25) is 0 Å². The van der Waals surface area contributed by atoms with Crippen LogP contribution in [0.4, 0.5) is 0 Å². The molecule has 1 unspecified atom stereocenters. The van der Waals surface area contributed by atoms with Gasteiger partial charge in [0.1, 0.15) is 11.5 Å². The van der Waals surface area contributed by atoms with Crippen LogP contribution >= 0.6 is 0 Å². The Kier molecular flexibility index (Phi) is 6.57. The van der Waals surface area contributed by atoms with E-state index >= 15 is 0 Å². The van der Waals surface area contributed by atoms with E-state index in [0.29, 0.717) is 22.9 Å². The molecule has 25 heavy (non-hydrogen) atoms. The van der Waals surface area contributed by atoms with Crippen LogP contribution in [0.1, 0.15) is 44.2 Å². The average molecular weight is 340 g/mol. The number of rotatable bonds is 7. The topological polar surface area (TPSA) is 70.9 Å². The molecule has 0 fully saturated rings. The number of hydrazone groups is 1. The van der Waals surface area contributed by atoms with Crippen LogP contribution < -0.4 is 10.2 Å². The first-order valence-corrected chi connectivity index (χ1v) is 8.36. The predicted octanol–water partition coefficient (Wildman–Crippen LogP) is 3.82. The number of nitrogens with zero attached hydrogens (tertiary/aromatic N) is 1. The van der Waals surface area contributed by atoms with Crippen molar-refractivity contribution in [3.8, 4) is 11.5 Å². The molecule has 0 aliphatic carbocycles. The van der Waals surface area contributed by atoms with Crippen molar-refractivity contribution in [1.82, 2.24) is 5.43 Å². The van der Waals surface area contributed by atoms with Gasteiger partial charge in [-0.25, -0.2) is 5.43 Å². The van der Waals surface area contributed by atoms with Gasteiger partial charge in [-0.05, 0) is 43.0 Å². The molecule has 5 nitrogen and oxygen atoms in total. The van der Waals surface area contributed by atoms with Gasteiger partial charge in [0.15, 0.2) is 6.61 Å². The number of benzene rings is 2. The quantitative estimate of drug-likeness (QED) is 0.594. The first-order chi connectivity index (χ1) is 12.0. The van der Waals surface area contributed by atoms with Crippen molar-refractivity contribution in [2.45, 2.75) is 33.1 Å². The number of hydrogen-bond donors (Lipinski definition) is 2. The highest BCUT2D eigenvalue weighted by molar-refractivity contribution is 6.01. The van der Waals surface area contributed by atoms with Crippen LogP contribution in [0.3, 0.4) is 0 Å². The van der Waals surface area contributed by atoms with Crippen LogP contribution in [0.2, 0.25) is 0 Å². The molecular weight excluding hydrogens is 316 g/mol. The highest BCUT2D eigenvalue weighted by Gasteiger charge is 2.11. The van der Waals surface area contributed by atoms with Crippen molar-refractivity contribution in [2.75, 3.05) is 6.61 Å². The van der Waals surface area contributed by atoms with Gasteiger partial charge in [0.25, 0.3) is 5.91 Å². The van der Waals surface area contributed by atoms with Crippen molar-refractivity contribution < 1.29 is 14.6 Å². The van der Waals surface area contributed by atoms with Crippen LogP contribution in [-0.4, -0.2) is 23.3 Å². The molecule has 0 spiro atoms. The van der Waals surface area contributed by atoms with E-state index < -0.39 is 0 Å². The number of phenols is 1. The molecule has 2 aromatic carbocycles. The lowest BCUT2D eigenvalue weighted by molar-refractivity contribution is -0.123. The maximum Gasteiger partial charge on any atom is 0.277 e. The fourth-order valence-electron chi connectivity index (χ4n) is 2.40. The number of nitrogens with one attached hydrogen (secondary N) is 1. The summed E-state index contributed by atoms with van der Waals surface area (Å²) in [5.74, 6) is 0.847. The third-order valence-electron chi connectivity index (χ3n) is 4.06. The first kappa shape index (κ1) is 18.5. The van der Waals surface area contributed by atoms with Gasteiger partial charge in [-0.3, -0.25) is 4.79 Å². The SMILES string of the molecule is CCC(C)c1ccccc1OCC(=O)N/N=C(\C)c1ccccc1O. The second-order valence-electron chi connectivity index (χ2n) is 5.89. The van der Waals surface area contributed by atoms with Gasteiger partial charge in [-0.2, -0.15) is 5.10 Å². The summed E-state index contributed by atoms with van der Waals surface area (Å²) in [5.41, 5.74) is 4.64. The molecule has 2 N–H and O–H groups in total. The largest absolute Gasteiger partial charge is 0.507 e. The third kappa shape index (κ3) is 5.08. The van der Waals surface area contributed by atoms with E-state index in [-0.39, 0.29) is 18.3 Å². The van der Waals surface area contributed by atoms with Gasteiger partial charge in [0.05, 0.1) is 5.71 Å². The van der Waals surface area contributed by atoms with Gasteiger partial charge in [-0.15, -0.1) is 0 Å². The predicted molar refractivity (Wildman–Crippen MR) is 99.1 cm³/mol. The minimum Gasteiger partial charge on any atom is -0.507 e. The summed E-state index contributed by atoms with van der Waals surface area (Å²) in [6.07, 6.45) is 0.997. The number of para-hydroxylation sites is 2. The number of amides is 1. The lowest BCUT2D eigenvalue weighted by atomic mass is 9.98. The molecule has 2 aromatic rings. The smallest absolute Gasteiger partial charge is 0.277 e. The molecule has 2 rings (SSSR count). The number of carbonyl (C=O) groups is 1. The molecule has 1 amide bonds. The van der Waals surface area contributed by atoms with Crippen LogP contribution in [0, 0.1) is 0 Å². The van der Waals surface area contributed by atoms with Crippen LogP contribution in [0.15, 0.2) is 53.6 Å². The Balaban J connectivity index is 1.96. The van der Waals surface area contributed by atoms with E-state index in [0.717, 1.165) is 12.0 Å². The summed E-state index contributed by atoms with van der Waals surface area (Å²) < 4.78 is 5.65. The van der Waals surface area contributed by atoms with Gasteiger partial charge in [-0.1, -0.05) is 44.2 Å². The van der Waals surface area contributed by atoms with E-state index in [1.54, 1.807) is 31.2 Å². The van der Waals surface area contributed by atoms with Crippen molar-refractivity contribution >= 4 is 11.6 Å². The molecule has 0 heterocycles. The number of carbonyl (C=O) groups excluding carboxylic acids is 1. The second-order valence-corrected chi connectivity index (χ2v) is 5.89. The molecule has 0 bridgehead atoms. The molecular formula is C20H24N2O3. The first-order valence-electron chi connectivity index (χ1n) is 8.36. The average Bonchev–Trinajstić information content (AvgIpc) is 2.64. The Bertz CT molecular complexity index is 756. The van der Waals surface area contributed by atoms with Crippen molar-refractivity contribution in [2.24, 2.45) is 5.10 Å². The van der Waals surface area contributed by atoms with Gasteiger partial charge < -0.3 is 9.84 Å². The molecule has 0 aliphatic heterocycles. The van der Waals surface area contributed by atoms with E-state index in [9.17, 15) is 9.90 Å². The van der Waals surface area contributed by atoms with E-state index in [2.05, 4.69) is 24.4 Å². The summed E-state index contributed by atoms with van der Waals surface area (Å²) in [6, 6.07) is 14.6. The Morgan fingerprint density at radius 2 is 1.88 bits per heavy atom. The molecule has 0 saturated carbocycles. The fraction of sp³-hybridized carbons (Fsp3) is 0.300. The Morgan fingerprint density at radius 1 is 1.20 bits per heavy atom.